The van der Waals surface area contributed by atoms with Crippen LogP contribution in [0.4, 0.5) is 0 Å². The van der Waals surface area contributed by atoms with Crippen molar-refractivity contribution in [3.63, 3.8) is 0 Å². The van der Waals surface area contributed by atoms with E-state index >= 15 is 0 Å². The number of guanidine groups is 2. The molecule has 0 saturated carbocycles. The monoisotopic (exact) mass is 315 g/mol. The summed E-state index contributed by atoms with van der Waals surface area (Å²) in [7, 11) is 0. The zero-order chi connectivity index (χ0) is 16.9. The highest BCUT2D eigenvalue weighted by molar-refractivity contribution is 5.95. The van der Waals surface area contributed by atoms with Crippen LogP contribution in [0.5, 0.6) is 0 Å². The number of hydrogen-bond donors (Lipinski definition) is 5. The number of hydroxylamine groups is 6. The van der Waals surface area contributed by atoms with Gasteiger partial charge in [-0.1, -0.05) is 16.5 Å². The average Bonchev–Trinajstić information content (AvgIpc) is 2.42. The van der Waals surface area contributed by atoms with Gasteiger partial charge >= 0.3 is 0 Å². The van der Waals surface area contributed by atoms with Crippen LogP contribution in [0.1, 0.15) is 20.3 Å². The van der Waals surface area contributed by atoms with E-state index in [1.54, 1.807) is 13.8 Å². The number of ketones is 1. The van der Waals surface area contributed by atoms with Gasteiger partial charge in [-0.25, -0.2) is 4.99 Å². The summed E-state index contributed by atoms with van der Waals surface area (Å²) in [6.07, 6.45) is 3.73. The van der Waals surface area contributed by atoms with Gasteiger partial charge < -0.3 is 0 Å². The molecular weight excluding hydrogens is 298 g/mol. The molecule has 0 saturated heterocycles. The molecule has 0 aromatic carbocycles. The van der Waals surface area contributed by atoms with Crippen LogP contribution in [0.15, 0.2) is 33.9 Å². The van der Waals surface area contributed by atoms with E-state index in [1.165, 1.54) is 18.2 Å². The van der Waals surface area contributed by atoms with E-state index in [2.05, 4.69) is 9.98 Å². The van der Waals surface area contributed by atoms with Crippen LogP contribution >= 0.6 is 0 Å². The molecule has 11 nitrogen and oxygen atoms in total. The second-order valence-corrected chi connectivity index (χ2v) is 4.46. The summed E-state index contributed by atoms with van der Waals surface area (Å²) >= 11 is 0. The van der Waals surface area contributed by atoms with Crippen molar-refractivity contribution in [1.29, 1.82) is 0 Å². The Morgan fingerprint density at radius 2 is 1.77 bits per heavy atom. The molecule has 1 aliphatic rings. The number of hydrogen-bond acceptors (Lipinski definition) is 7. The Morgan fingerprint density at radius 3 is 2.18 bits per heavy atom. The van der Waals surface area contributed by atoms with Crippen molar-refractivity contribution < 1.29 is 30.8 Å². The summed E-state index contributed by atoms with van der Waals surface area (Å²) in [6.45, 7) is 3.23. The molecule has 5 N–H and O–H groups in total. The molecule has 1 aliphatic carbocycles. The normalized spacial score (nSPS) is 16.0. The number of carbonyl (C=O) groups excluding carboxylic acids is 1. The summed E-state index contributed by atoms with van der Waals surface area (Å²) in [5.41, 5.74) is 0.0257. The first-order valence-electron chi connectivity index (χ1n) is 6.14. The molecule has 0 aromatic rings. The van der Waals surface area contributed by atoms with Gasteiger partial charge in [-0.05, 0) is 26.0 Å². The molecule has 0 atom stereocenters. The van der Waals surface area contributed by atoms with Gasteiger partial charge in [-0.2, -0.15) is 10.1 Å². The fourth-order valence-corrected chi connectivity index (χ4v) is 1.41. The predicted octanol–water partition coefficient (Wildman–Crippen LogP) is 0.372. The van der Waals surface area contributed by atoms with Gasteiger partial charge in [0.05, 0.1) is 5.70 Å². The van der Waals surface area contributed by atoms with Crippen LogP contribution < -0.4 is 0 Å². The van der Waals surface area contributed by atoms with Gasteiger partial charge in [-0.15, -0.1) is 0 Å². The van der Waals surface area contributed by atoms with E-state index in [0.29, 0.717) is 0 Å². The number of rotatable bonds is 2. The molecule has 0 amide bonds. The second-order valence-electron chi connectivity index (χ2n) is 4.46. The molecule has 22 heavy (non-hydrogen) atoms. The van der Waals surface area contributed by atoms with Gasteiger partial charge in [0.25, 0.3) is 11.9 Å². The lowest BCUT2D eigenvalue weighted by Crippen LogP contribution is -2.40. The highest BCUT2D eigenvalue weighted by Crippen LogP contribution is 2.12. The van der Waals surface area contributed by atoms with Crippen LogP contribution in [-0.4, -0.2) is 65.3 Å². The summed E-state index contributed by atoms with van der Waals surface area (Å²) in [4.78, 5) is 18.2. The largest absolute Gasteiger partial charge is 0.295 e. The molecule has 122 valence electrons. The molecule has 0 radical (unpaired) electrons. The Labute approximate surface area is 125 Å². The highest BCUT2D eigenvalue weighted by atomic mass is 16.8. The van der Waals surface area contributed by atoms with Crippen molar-refractivity contribution >= 4 is 17.7 Å². The maximum absolute atomic E-state index is 11.1. The minimum absolute atomic E-state index is 0.00605. The maximum atomic E-state index is 11.1. The lowest BCUT2D eigenvalue weighted by Gasteiger charge is -2.23. The maximum Gasteiger partial charge on any atom is 0.285 e. The minimum Gasteiger partial charge on any atom is -0.295 e. The van der Waals surface area contributed by atoms with E-state index in [9.17, 15) is 10.0 Å². The Balaban J connectivity index is 3.14. The number of allylic oxidation sites excluding steroid dienone is 3. The fraction of sp³-hybridized carbons (Fsp3) is 0.364. The zero-order valence-electron chi connectivity index (χ0n) is 11.9. The number of carbonyl (C=O) groups is 1. The average molecular weight is 315 g/mol. The Morgan fingerprint density at radius 1 is 1.14 bits per heavy atom. The third-order valence-corrected chi connectivity index (χ3v) is 2.32. The molecule has 11 heteroatoms. The third-order valence-electron chi connectivity index (χ3n) is 2.32. The fourth-order valence-electron chi connectivity index (χ4n) is 1.41. The molecule has 1 rings (SSSR count). The van der Waals surface area contributed by atoms with E-state index in [1.807, 2.05) is 0 Å². The van der Waals surface area contributed by atoms with Gasteiger partial charge in [-0.3, -0.25) is 30.8 Å². The smallest absolute Gasteiger partial charge is 0.285 e. The molecule has 0 unspecified atom stereocenters. The van der Waals surface area contributed by atoms with Crippen LogP contribution in [0, 0.1) is 0 Å². The summed E-state index contributed by atoms with van der Waals surface area (Å²) in [5, 5.41) is 45.5. The standard InChI is InChI=1S/C11H17N5O6/c1-7(2)12-10(15(19)20)13-11(16(21)22)14(18)8-3-5-9(17)6-4-8/h3-5,7,18-22H,6H2,1-2H3. The van der Waals surface area contributed by atoms with Crippen molar-refractivity contribution in [1.82, 2.24) is 15.5 Å². The Kier molecular flexibility index (Phi) is 6.15. The van der Waals surface area contributed by atoms with Crippen LogP contribution in [-0.2, 0) is 4.79 Å². The van der Waals surface area contributed by atoms with E-state index in [4.69, 9.17) is 20.8 Å². The van der Waals surface area contributed by atoms with Crippen LogP contribution in [0.2, 0.25) is 0 Å². The zero-order valence-corrected chi connectivity index (χ0v) is 11.9. The second kappa shape index (κ2) is 7.63. The van der Waals surface area contributed by atoms with Crippen LogP contribution in [0.25, 0.3) is 0 Å². The highest BCUT2D eigenvalue weighted by Gasteiger charge is 2.22. The Hall–Kier alpha value is -2.31. The first-order chi connectivity index (χ1) is 10.2. The first-order valence-corrected chi connectivity index (χ1v) is 6.14. The molecular formula is C11H17N5O6. The van der Waals surface area contributed by atoms with Crippen molar-refractivity contribution in [2.24, 2.45) is 9.98 Å². The quantitative estimate of drug-likeness (QED) is 0.276. The van der Waals surface area contributed by atoms with E-state index in [-0.39, 0.29) is 23.0 Å². The summed E-state index contributed by atoms with van der Waals surface area (Å²) in [5.74, 6) is -1.79. The number of nitrogens with zero attached hydrogens (tertiary/aromatic N) is 5. The number of aliphatic imine (C=N–C) groups is 2. The lowest BCUT2D eigenvalue weighted by atomic mass is 10.1. The van der Waals surface area contributed by atoms with Crippen molar-refractivity contribution in [2.75, 3.05) is 0 Å². The SMILES string of the molecule is CC(C)N=C(N=C(N(O)O)N(O)C1=CCC(=O)C=C1)N(O)O. The summed E-state index contributed by atoms with van der Waals surface area (Å²) < 4.78 is 0. The van der Waals surface area contributed by atoms with Gasteiger partial charge in [0.2, 0.25) is 0 Å². The summed E-state index contributed by atoms with van der Waals surface area (Å²) in [6, 6.07) is -0.397. The topological polar surface area (TPSA) is 153 Å². The molecule has 0 aliphatic heterocycles. The lowest BCUT2D eigenvalue weighted by molar-refractivity contribution is -0.261. The molecule has 0 fully saturated rings. The van der Waals surface area contributed by atoms with Gasteiger partial charge in [0, 0.05) is 12.5 Å². The third kappa shape index (κ3) is 4.91. The Bertz CT molecular complexity index is 537. The van der Waals surface area contributed by atoms with E-state index < -0.39 is 28.4 Å². The van der Waals surface area contributed by atoms with E-state index in [0.717, 1.165) is 0 Å². The molecule has 0 aromatic heterocycles. The molecule has 0 heterocycles. The first kappa shape index (κ1) is 17.7. The van der Waals surface area contributed by atoms with Crippen molar-refractivity contribution in [3.8, 4) is 0 Å². The predicted molar refractivity (Wildman–Crippen MR) is 71.3 cm³/mol. The van der Waals surface area contributed by atoms with Crippen molar-refractivity contribution in [3.05, 3.63) is 23.9 Å². The van der Waals surface area contributed by atoms with Crippen molar-refractivity contribution in [2.45, 2.75) is 26.3 Å². The van der Waals surface area contributed by atoms with Gasteiger partial charge in [0.15, 0.2) is 5.78 Å². The minimum atomic E-state index is -0.891. The van der Waals surface area contributed by atoms with Gasteiger partial charge in [0.1, 0.15) is 0 Å². The van der Waals surface area contributed by atoms with Crippen LogP contribution in [0.3, 0.4) is 0 Å². The molecule has 0 spiro atoms. The molecule has 0 bridgehead atoms.